The molecule has 27 heavy (non-hydrogen) atoms. The second kappa shape index (κ2) is 8.27. The molecule has 9 heteroatoms. The normalized spacial score (nSPS) is 17.3. The molecule has 1 aliphatic rings. The van der Waals surface area contributed by atoms with E-state index < -0.39 is 0 Å². The van der Waals surface area contributed by atoms with Gasteiger partial charge in [0.05, 0.1) is 16.5 Å². The summed E-state index contributed by atoms with van der Waals surface area (Å²) in [7, 11) is 0. The average Bonchev–Trinajstić information content (AvgIpc) is 3.11. The lowest BCUT2D eigenvalue weighted by Crippen LogP contribution is -2.55. The van der Waals surface area contributed by atoms with Crippen LogP contribution in [0.25, 0.3) is 11.5 Å². The molecule has 2 amide bonds. The number of aromatic nitrogens is 2. The first-order valence-corrected chi connectivity index (χ1v) is 9.50. The van der Waals surface area contributed by atoms with Crippen molar-refractivity contribution in [2.24, 2.45) is 0 Å². The van der Waals surface area contributed by atoms with E-state index in [0.717, 1.165) is 0 Å². The second-order valence-corrected chi connectivity index (χ2v) is 7.27. The van der Waals surface area contributed by atoms with Gasteiger partial charge in [0.15, 0.2) is 5.82 Å². The molecule has 0 aliphatic carbocycles. The molecule has 7 nitrogen and oxygen atoms in total. The molecule has 1 saturated heterocycles. The highest BCUT2D eigenvalue weighted by atomic mass is 35.5. The predicted molar refractivity (Wildman–Crippen MR) is 102 cm³/mol. The van der Waals surface area contributed by atoms with Crippen molar-refractivity contribution >= 4 is 35.0 Å². The molecule has 144 valence electrons. The van der Waals surface area contributed by atoms with Gasteiger partial charge in [-0.15, -0.1) is 0 Å². The van der Waals surface area contributed by atoms with Crippen molar-refractivity contribution < 1.29 is 14.1 Å². The molecule has 0 N–H and O–H groups in total. The lowest BCUT2D eigenvalue weighted by molar-refractivity contribution is -0.142. The third-order valence-electron chi connectivity index (χ3n) is 4.55. The predicted octanol–water partition coefficient (Wildman–Crippen LogP) is 3.06. The molecule has 1 atom stereocenters. The van der Waals surface area contributed by atoms with E-state index in [9.17, 15) is 9.59 Å². The zero-order chi connectivity index (χ0) is 19.6. The van der Waals surface area contributed by atoms with Gasteiger partial charge in [0.25, 0.3) is 5.89 Å². The summed E-state index contributed by atoms with van der Waals surface area (Å²) in [5, 5.41) is 4.70. The van der Waals surface area contributed by atoms with Gasteiger partial charge in [-0.2, -0.15) is 4.98 Å². The highest BCUT2D eigenvalue weighted by molar-refractivity contribution is 6.42. The summed E-state index contributed by atoms with van der Waals surface area (Å²) in [6.07, 6.45) is 0.512. The van der Waals surface area contributed by atoms with E-state index in [-0.39, 0.29) is 30.2 Å². The summed E-state index contributed by atoms with van der Waals surface area (Å²) in [5.41, 5.74) is 0.635. The van der Waals surface area contributed by atoms with Crippen LogP contribution in [0.5, 0.6) is 0 Å². The van der Waals surface area contributed by atoms with Gasteiger partial charge in [-0.3, -0.25) is 9.59 Å². The Morgan fingerprint density at radius 1 is 1.22 bits per heavy atom. The molecular weight excluding hydrogens is 391 g/mol. The van der Waals surface area contributed by atoms with Crippen molar-refractivity contribution in [3.05, 3.63) is 34.1 Å². The third-order valence-corrected chi connectivity index (χ3v) is 5.29. The Morgan fingerprint density at radius 3 is 2.67 bits per heavy atom. The summed E-state index contributed by atoms with van der Waals surface area (Å²) in [6.45, 7) is 5.34. The maximum Gasteiger partial charge on any atom is 0.257 e. The summed E-state index contributed by atoms with van der Waals surface area (Å²) in [5.74, 6) is 0.606. The van der Waals surface area contributed by atoms with E-state index in [1.54, 1.807) is 23.1 Å². The van der Waals surface area contributed by atoms with Crippen molar-refractivity contribution in [1.29, 1.82) is 0 Å². The smallest absolute Gasteiger partial charge is 0.257 e. The average molecular weight is 411 g/mol. The van der Waals surface area contributed by atoms with Crippen LogP contribution in [0.2, 0.25) is 10.0 Å². The Hall–Kier alpha value is -2.12. The molecule has 0 bridgehead atoms. The maximum absolute atomic E-state index is 12.6. The van der Waals surface area contributed by atoms with Crippen LogP contribution in [0, 0.1) is 0 Å². The number of benzene rings is 1. The first-order valence-electron chi connectivity index (χ1n) is 8.74. The Kier molecular flexibility index (Phi) is 6.01. The molecule has 1 aromatic carbocycles. The van der Waals surface area contributed by atoms with Crippen LogP contribution in [0.4, 0.5) is 0 Å². The summed E-state index contributed by atoms with van der Waals surface area (Å²) < 4.78 is 5.23. The number of rotatable bonds is 4. The van der Waals surface area contributed by atoms with Gasteiger partial charge in [-0.1, -0.05) is 35.3 Å². The van der Waals surface area contributed by atoms with Gasteiger partial charge >= 0.3 is 0 Å². The minimum absolute atomic E-state index is 0.00723. The largest absolute Gasteiger partial charge is 0.338 e. The number of halogens is 2. The van der Waals surface area contributed by atoms with Crippen molar-refractivity contribution in [1.82, 2.24) is 19.9 Å². The molecule has 0 saturated carbocycles. The topological polar surface area (TPSA) is 79.5 Å². The van der Waals surface area contributed by atoms with Crippen LogP contribution in [0.1, 0.15) is 26.1 Å². The van der Waals surface area contributed by atoms with E-state index in [4.69, 9.17) is 27.7 Å². The fraction of sp³-hybridized carbons (Fsp3) is 0.444. The quantitative estimate of drug-likeness (QED) is 0.773. The van der Waals surface area contributed by atoms with Crippen LogP contribution >= 0.6 is 23.2 Å². The molecule has 3 rings (SSSR count). The maximum atomic E-state index is 12.6. The molecule has 0 spiro atoms. The third kappa shape index (κ3) is 4.42. The van der Waals surface area contributed by atoms with Gasteiger partial charge in [-0.05, 0) is 25.1 Å². The first-order chi connectivity index (χ1) is 12.9. The van der Waals surface area contributed by atoms with Crippen molar-refractivity contribution in [3.8, 4) is 11.5 Å². The minimum atomic E-state index is -0.0908. The van der Waals surface area contributed by atoms with Crippen molar-refractivity contribution in [3.63, 3.8) is 0 Å². The molecule has 2 heterocycles. The summed E-state index contributed by atoms with van der Waals surface area (Å²) in [6, 6.07) is 4.99. The zero-order valence-corrected chi connectivity index (χ0v) is 16.6. The highest BCUT2D eigenvalue weighted by Crippen LogP contribution is 2.27. The fourth-order valence-electron chi connectivity index (χ4n) is 3.08. The number of hydrogen-bond acceptors (Lipinski definition) is 5. The van der Waals surface area contributed by atoms with E-state index >= 15 is 0 Å². The lowest BCUT2D eigenvalue weighted by Gasteiger charge is -2.39. The Balaban J connectivity index is 1.63. The minimum Gasteiger partial charge on any atom is -0.338 e. The Morgan fingerprint density at radius 2 is 2.00 bits per heavy atom. The van der Waals surface area contributed by atoms with Crippen LogP contribution in [-0.4, -0.2) is 57.4 Å². The number of carbonyl (C=O) groups excluding carboxylic acids is 2. The van der Waals surface area contributed by atoms with Crippen molar-refractivity contribution in [2.45, 2.75) is 32.7 Å². The van der Waals surface area contributed by atoms with E-state index in [0.29, 0.717) is 47.5 Å². The van der Waals surface area contributed by atoms with E-state index in [1.165, 1.54) is 0 Å². The van der Waals surface area contributed by atoms with Crippen LogP contribution < -0.4 is 0 Å². The lowest BCUT2D eigenvalue weighted by atomic mass is 10.1. The second-order valence-electron chi connectivity index (χ2n) is 6.45. The van der Waals surface area contributed by atoms with Gasteiger partial charge in [0, 0.05) is 37.7 Å². The zero-order valence-electron chi connectivity index (χ0n) is 15.1. The van der Waals surface area contributed by atoms with E-state index in [1.807, 2.05) is 18.7 Å². The van der Waals surface area contributed by atoms with Gasteiger partial charge in [-0.25, -0.2) is 0 Å². The van der Waals surface area contributed by atoms with Crippen LogP contribution in [0.3, 0.4) is 0 Å². The molecule has 1 fully saturated rings. The summed E-state index contributed by atoms with van der Waals surface area (Å²) in [4.78, 5) is 32.3. The number of piperazine rings is 1. The number of carbonyl (C=O) groups is 2. The van der Waals surface area contributed by atoms with Crippen LogP contribution in [-0.2, 0) is 16.0 Å². The Labute approximate surface area is 167 Å². The monoisotopic (exact) mass is 410 g/mol. The molecule has 2 aromatic rings. The molecule has 0 unspecified atom stereocenters. The number of hydrogen-bond donors (Lipinski definition) is 0. The fourth-order valence-corrected chi connectivity index (χ4v) is 3.38. The highest BCUT2D eigenvalue weighted by Gasteiger charge is 2.29. The van der Waals surface area contributed by atoms with Gasteiger partial charge in [0.2, 0.25) is 11.8 Å². The molecular formula is C18H20Cl2N4O3. The molecule has 1 aromatic heterocycles. The standard InChI is InChI=1S/C18H20Cl2N4O3/c1-3-16(25)24-7-6-23(10-11(24)2)17(26)9-15-21-18(27-22-15)12-4-5-13(19)14(20)8-12/h4-5,8,11H,3,6-7,9-10H2,1-2H3/t11-/m1/s1. The first kappa shape index (κ1) is 19.6. The number of amides is 2. The Bertz CT molecular complexity index is 855. The SMILES string of the molecule is CCC(=O)N1CCN(C(=O)Cc2noc(-c3ccc(Cl)c(Cl)c3)n2)C[C@H]1C. The summed E-state index contributed by atoms with van der Waals surface area (Å²) >= 11 is 11.9. The van der Waals surface area contributed by atoms with Gasteiger partial charge < -0.3 is 14.3 Å². The van der Waals surface area contributed by atoms with E-state index in [2.05, 4.69) is 10.1 Å². The van der Waals surface area contributed by atoms with Crippen molar-refractivity contribution in [2.75, 3.05) is 19.6 Å². The molecule has 0 radical (unpaired) electrons. The number of nitrogens with zero attached hydrogens (tertiary/aromatic N) is 4. The molecule has 1 aliphatic heterocycles. The van der Waals surface area contributed by atoms with Crippen LogP contribution in [0.15, 0.2) is 22.7 Å². The van der Waals surface area contributed by atoms with Gasteiger partial charge in [0.1, 0.15) is 0 Å².